The molecule has 3 fully saturated rings. The Morgan fingerprint density at radius 2 is 1.52 bits per heavy atom. The molecule has 0 amide bonds. The monoisotopic (exact) mass is 424 g/mol. The predicted octanol–water partition coefficient (Wildman–Crippen LogP) is 8.46. The molecule has 0 bridgehead atoms. The fourth-order valence-electron chi connectivity index (χ4n) is 6.99. The maximum absolute atomic E-state index is 14.5. The number of hydrogen-bond donors (Lipinski definition) is 0. The van der Waals surface area contributed by atoms with Gasteiger partial charge < -0.3 is 4.74 Å². The zero-order chi connectivity index (χ0) is 21.6. The third-order valence-corrected chi connectivity index (χ3v) is 8.77. The first-order chi connectivity index (χ1) is 15.2. The number of hydrogen-bond acceptors (Lipinski definition) is 1. The largest absolute Gasteiger partial charge is 0.486 e. The van der Waals surface area contributed by atoms with Crippen LogP contribution in [0.3, 0.4) is 0 Å². The first kappa shape index (κ1) is 22.6. The Kier molecular flexibility index (Phi) is 7.91. The molecular weight excluding hydrogens is 383 g/mol. The van der Waals surface area contributed by atoms with E-state index in [9.17, 15) is 4.39 Å². The lowest BCUT2D eigenvalue weighted by Crippen LogP contribution is -2.34. The fraction of sp³-hybridized carbons (Fsp3) is 0.655. The smallest absolute Gasteiger partial charge is 0.165 e. The van der Waals surface area contributed by atoms with E-state index in [1.807, 2.05) is 6.07 Å². The van der Waals surface area contributed by atoms with E-state index in [-0.39, 0.29) is 5.82 Å². The van der Waals surface area contributed by atoms with Crippen LogP contribution in [-0.4, -0.2) is 6.61 Å². The van der Waals surface area contributed by atoms with Crippen molar-refractivity contribution in [1.29, 1.82) is 0 Å². The molecule has 1 aromatic carbocycles. The fourth-order valence-corrected chi connectivity index (χ4v) is 6.99. The van der Waals surface area contributed by atoms with Gasteiger partial charge in [-0.1, -0.05) is 37.6 Å². The summed E-state index contributed by atoms with van der Waals surface area (Å²) in [5.41, 5.74) is 1.17. The van der Waals surface area contributed by atoms with E-state index in [2.05, 4.69) is 25.3 Å². The molecule has 0 spiro atoms. The topological polar surface area (TPSA) is 9.23 Å². The Bertz CT molecular complexity index is 732. The lowest BCUT2D eigenvalue weighted by molar-refractivity contribution is 0.0713. The van der Waals surface area contributed by atoms with Crippen LogP contribution in [0.2, 0.25) is 0 Å². The number of rotatable bonds is 8. The second-order valence-corrected chi connectivity index (χ2v) is 10.5. The van der Waals surface area contributed by atoms with Crippen molar-refractivity contribution in [2.75, 3.05) is 6.61 Å². The average Bonchev–Trinajstić information content (AvgIpc) is 2.81. The molecule has 31 heavy (non-hydrogen) atoms. The normalized spacial score (nSPS) is 33.3. The van der Waals surface area contributed by atoms with Gasteiger partial charge in [-0.2, -0.15) is 0 Å². The minimum atomic E-state index is -0.228. The van der Waals surface area contributed by atoms with Crippen LogP contribution in [0, 0.1) is 35.4 Å². The van der Waals surface area contributed by atoms with Crippen LogP contribution in [0.4, 0.5) is 4.39 Å². The summed E-state index contributed by atoms with van der Waals surface area (Å²) in [6.45, 7) is 7.87. The Morgan fingerprint density at radius 1 is 0.839 bits per heavy atom. The first-order valence-electron chi connectivity index (χ1n) is 12.8. The zero-order valence-electron chi connectivity index (χ0n) is 19.2. The minimum absolute atomic E-state index is 0.228. The summed E-state index contributed by atoms with van der Waals surface area (Å²) in [5, 5.41) is 0. The molecule has 3 aliphatic carbocycles. The third-order valence-electron chi connectivity index (χ3n) is 8.77. The van der Waals surface area contributed by atoms with Gasteiger partial charge in [-0.15, -0.1) is 6.58 Å². The number of halogens is 1. The summed E-state index contributed by atoms with van der Waals surface area (Å²) in [7, 11) is 0. The standard InChI is InChI=1S/C29H41FO/c1-3-5-6-21-7-9-22(10-8-21)23-11-12-25-19-26(14-13-24(25)18-23)27-15-16-29(28(30)20-27)31-17-4-2/h3-4,15-16,20-26H,1-2,5-14,17-19H2. The van der Waals surface area contributed by atoms with Gasteiger partial charge in [0.1, 0.15) is 6.61 Å². The van der Waals surface area contributed by atoms with Crippen LogP contribution in [0.15, 0.2) is 43.5 Å². The molecule has 3 saturated carbocycles. The van der Waals surface area contributed by atoms with Crippen molar-refractivity contribution >= 4 is 0 Å². The molecule has 3 aliphatic rings. The Balaban J connectivity index is 1.28. The maximum Gasteiger partial charge on any atom is 0.165 e. The highest BCUT2D eigenvalue weighted by molar-refractivity contribution is 5.32. The molecular formula is C29H41FO. The molecule has 1 aromatic rings. The predicted molar refractivity (Wildman–Crippen MR) is 128 cm³/mol. The van der Waals surface area contributed by atoms with Gasteiger partial charge in [-0.3, -0.25) is 0 Å². The molecule has 2 heteroatoms. The molecule has 170 valence electrons. The van der Waals surface area contributed by atoms with Gasteiger partial charge in [0, 0.05) is 0 Å². The lowest BCUT2D eigenvalue weighted by atomic mass is 9.60. The SMILES string of the molecule is C=CCCC1CCC(C2CCC3CC(c4ccc(OCC=C)c(F)c4)CCC3C2)CC1. The van der Waals surface area contributed by atoms with Gasteiger partial charge in [-0.05, 0) is 117 Å². The van der Waals surface area contributed by atoms with E-state index < -0.39 is 0 Å². The van der Waals surface area contributed by atoms with Crippen molar-refractivity contribution in [2.24, 2.45) is 29.6 Å². The van der Waals surface area contributed by atoms with Gasteiger partial charge in [0.25, 0.3) is 0 Å². The lowest BCUT2D eigenvalue weighted by Gasteiger charge is -2.45. The van der Waals surface area contributed by atoms with E-state index in [1.54, 1.807) is 12.1 Å². The van der Waals surface area contributed by atoms with Crippen molar-refractivity contribution < 1.29 is 9.13 Å². The molecule has 0 radical (unpaired) electrons. The molecule has 4 rings (SSSR count). The van der Waals surface area contributed by atoms with Crippen LogP contribution in [-0.2, 0) is 0 Å². The van der Waals surface area contributed by atoms with Crippen LogP contribution >= 0.6 is 0 Å². The summed E-state index contributed by atoms with van der Waals surface area (Å²) in [4.78, 5) is 0. The molecule has 1 nitrogen and oxygen atoms in total. The molecule has 0 aromatic heterocycles. The Hall–Kier alpha value is -1.57. The zero-order valence-corrected chi connectivity index (χ0v) is 19.2. The number of benzene rings is 1. The average molecular weight is 425 g/mol. The highest BCUT2D eigenvalue weighted by atomic mass is 19.1. The second kappa shape index (κ2) is 10.8. The summed E-state index contributed by atoms with van der Waals surface area (Å²) >= 11 is 0. The molecule has 0 saturated heterocycles. The van der Waals surface area contributed by atoms with Gasteiger partial charge >= 0.3 is 0 Å². The van der Waals surface area contributed by atoms with Gasteiger partial charge in [0.2, 0.25) is 0 Å². The van der Waals surface area contributed by atoms with Crippen molar-refractivity contribution in [2.45, 2.75) is 83.0 Å². The second-order valence-electron chi connectivity index (χ2n) is 10.5. The van der Waals surface area contributed by atoms with Crippen LogP contribution in [0.5, 0.6) is 5.75 Å². The summed E-state index contributed by atoms with van der Waals surface area (Å²) < 4.78 is 19.9. The van der Waals surface area contributed by atoms with Gasteiger partial charge in [0.05, 0.1) is 0 Å². The molecule has 0 aliphatic heterocycles. The van der Waals surface area contributed by atoms with E-state index >= 15 is 0 Å². The first-order valence-corrected chi connectivity index (χ1v) is 12.8. The van der Waals surface area contributed by atoms with E-state index in [0.29, 0.717) is 18.3 Å². The molecule has 0 N–H and O–H groups in total. The number of allylic oxidation sites excluding steroid dienone is 1. The van der Waals surface area contributed by atoms with Crippen molar-refractivity contribution in [1.82, 2.24) is 0 Å². The van der Waals surface area contributed by atoms with Crippen LogP contribution < -0.4 is 4.74 Å². The van der Waals surface area contributed by atoms with Crippen molar-refractivity contribution in [3.63, 3.8) is 0 Å². The van der Waals surface area contributed by atoms with Crippen molar-refractivity contribution in [3.05, 3.63) is 54.9 Å². The maximum atomic E-state index is 14.5. The van der Waals surface area contributed by atoms with E-state index in [1.165, 1.54) is 82.6 Å². The van der Waals surface area contributed by atoms with Crippen LogP contribution in [0.1, 0.15) is 88.5 Å². The van der Waals surface area contributed by atoms with E-state index in [0.717, 1.165) is 29.6 Å². The van der Waals surface area contributed by atoms with Crippen LogP contribution in [0.25, 0.3) is 0 Å². The number of ether oxygens (including phenoxy) is 1. The highest BCUT2D eigenvalue weighted by Crippen LogP contribution is 2.51. The molecule has 4 unspecified atom stereocenters. The highest BCUT2D eigenvalue weighted by Gasteiger charge is 2.39. The quantitative estimate of drug-likeness (QED) is 0.380. The summed E-state index contributed by atoms with van der Waals surface area (Å²) in [5.74, 6) is 5.29. The Morgan fingerprint density at radius 3 is 2.23 bits per heavy atom. The number of fused-ring (bicyclic) bond motifs is 1. The molecule has 0 heterocycles. The van der Waals surface area contributed by atoms with E-state index in [4.69, 9.17) is 4.74 Å². The van der Waals surface area contributed by atoms with Gasteiger partial charge in [-0.25, -0.2) is 4.39 Å². The third kappa shape index (κ3) is 5.62. The van der Waals surface area contributed by atoms with Gasteiger partial charge in [0.15, 0.2) is 11.6 Å². The van der Waals surface area contributed by atoms with Crippen molar-refractivity contribution in [3.8, 4) is 5.75 Å². The Labute approximate surface area is 189 Å². The minimum Gasteiger partial charge on any atom is -0.486 e. The molecule has 4 atom stereocenters. The summed E-state index contributed by atoms with van der Waals surface area (Å²) in [6.07, 6.45) is 20.2. The summed E-state index contributed by atoms with van der Waals surface area (Å²) in [6, 6.07) is 5.62.